The summed E-state index contributed by atoms with van der Waals surface area (Å²) in [6.07, 6.45) is 1.53. The van der Waals surface area contributed by atoms with E-state index in [1.54, 1.807) is 12.1 Å². The number of carbonyl (C=O) groups excluding carboxylic acids is 2. The fraction of sp³-hybridized carbons (Fsp3) is 0.500. The maximum atomic E-state index is 11.8. The second-order valence-electron chi connectivity index (χ2n) is 5.78. The lowest BCUT2D eigenvalue weighted by Gasteiger charge is -2.17. The number of pyridine rings is 1. The number of aromatic nitrogens is 1. The van der Waals surface area contributed by atoms with Gasteiger partial charge in [0.15, 0.2) is 0 Å². The lowest BCUT2D eigenvalue weighted by atomic mass is 9.96. The lowest BCUT2D eigenvalue weighted by Crippen LogP contribution is -2.27. The van der Waals surface area contributed by atoms with Crippen molar-refractivity contribution in [3.8, 4) is 0 Å². The van der Waals surface area contributed by atoms with E-state index in [0.717, 1.165) is 0 Å². The van der Waals surface area contributed by atoms with E-state index in [-0.39, 0.29) is 17.7 Å². The first kappa shape index (κ1) is 15.1. The van der Waals surface area contributed by atoms with Crippen LogP contribution < -0.4 is 10.6 Å². The summed E-state index contributed by atoms with van der Waals surface area (Å²) in [6, 6.07) is 3.38. The number of amides is 2. The molecule has 19 heavy (non-hydrogen) atoms. The van der Waals surface area contributed by atoms with E-state index >= 15 is 0 Å². The highest BCUT2D eigenvalue weighted by Gasteiger charge is 2.21. The van der Waals surface area contributed by atoms with E-state index in [1.807, 2.05) is 34.6 Å². The van der Waals surface area contributed by atoms with Gasteiger partial charge in [-0.05, 0) is 12.1 Å². The number of carbonyl (C=O) groups is 2. The highest BCUT2D eigenvalue weighted by atomic mass is 16.2. The fourth-order valence-electron chi connectivity index (χ4n) is 1.13. The molecule has 1 rings (SSSR count). The van der Waals surface area contributed by atoms with Gasteiger partial charge in [-0.1, -0.05) is 34.6 Å². The molecule has 104 valence electrons. The molecular weight excluding hydrogens is 242 g/mol. The molecule has 0 saturated heterocycles. The molecule has 0 aliphatic heterocycles. The molecule has 0 unspecified atom stereocenters. The van der Waals surface area contributed by atoms with Crippen LogP contribution in [0.5, 0.6) is 0 Å². The predicted molar refractivity (Wildman–Crippen MR) is 75.8 cm³/mol. The highest BCUT2D eigenvalue weighted by Crippen LogP contribution is 2.17. The standard InChI is InChI=1S/C14H21N3O2/c1-9(2)12(18)17-11-7-6-10(8-15-11)16-13(19)14(3,4)5/h6-9H,1-5H3,(H,16,19)(H,15,17,18). The predicted octanol–water partition coefficient (Wildman–Crippen LogP) is 2.66. The first-order chi connectivity index (χ1) is 8.70. The van der Waals surface area contributed by atoms with Crippen molar-refractivity contribution >= 4 is 23.3 Å². The molecule has 1 heterocycles. The molecule has 0 fully saturated rings. The molecule has 1 aromatic rings. The van der Waals surface area contributed by atoms with E-state index in [1.165, 1.54) is 6.20 Å². The average Bonchev–Trinajstić information content (AvgIpc) is 2.30. The molecule has 5 heteroatoms. The third-order valence-electron chi connectivity index (χ3n) is 2.48. The van der Waals surface area contributed by atoms with Gasteiger partial charge >= 0.3 is 0 Å². The van der Waals surface area contributed by atoms with E-state index in [0.29, 0.717) is 11.5 Å². The Morgan fingerprint density at radius 3 is 2.21 bits per heavy atom. The molecule has 0 aliphatic carbocycles. The zero-order valence-electron chi connectivity index (χ0n) is 12.1. The lowest BCUT2D eigenvalue weighted by molar-refractivity contribution is -0.123. The number of hydrogen-bond donors (Lipinski definition) is 2. The van der Waals surface area contributed by atoms with Gasteiger partial charge in [0.25, 0.3) is 0 Å². The van der Waals surface area contributed by atoms with Gasteiger partial charge < -0.3 is 10.6 Å². The largest absolute Gasteiger partial charge is 0.324 e. The van der Waals surface area contributed by atoms with Crippen LogP contribution in [0, 0.1) is 11.3 Å². The maximum absolute atomic E-state index is 11.8. The molecule has 0 atom stereocenters. The number of rotatable bonds is 3. The smallest absolute Gasteiger partial charge is 0.229 e. The van der Waals surface area contributed by atoms with Gasteiger partial charge in [-0.3, -0.25) is 9.59 Å². The van der Waals surface area contributed by atoms with Crippen molar-refractivity contribution in [3.05, 3.63) is 18.3 Å². The molecule has 0 spiro atoms. The van der Waals surface area contributed by atoms with Crippen LogP contribution in [-0.4, -0.2) is 16.8 Å². The normalized spacial score (nSPS) is 11.3. The molecule has 0 saturated carbocycles. The van der Waals surface area contributed by atoms with Crippen LogP contribution in [0.1, 0.15) is 34.6 Å². The van der Waals surface area contributed by atoms with E-state index in [9.17, 15) is 9.59 Å². The van der Waals surface area contributed by atoms with Crippen molar-refractivity contribution in [2.45, 2.75) is 34.6 Å². The molecule has 2 N–H and O–H groups in total. The monoisotopic (exact) mass is 263 g/mol. The zero-order valence-corrected chi connectivity index (χ0v) is 12.1. The third-order valence-corrected chi connectivity index (χ3v) is 2.48. The highest BCUT2D eigenvalue weighted by molar-refractivity contribution is 5.95. The first-order valence-corrected chi connectivity index (χ1v) is 6.28. The van der Waals surface area contributed by atoms with Crippen LogP contribution >= 0.6 is 0 Å². The Labute approximate surface area is 113 Å². The minimum atomic E-state index is -0.454. The summed E-state index contributed by atoms with van der Waals surface area (Å²) in [5, 5.41) is 5.46. The summed E-state index contributed by atoms with van der Waals surface area (Å²) in [5.74, 6) is 0.224. The maximum Gasteiger partial charge on any atom is 0.229 e. The van der Waals surface area contributed by atoms with Gasteiger partial charge in [0.05, 0.1) is 11.9 Å². The molecule has 0 aliphatic rings. The van der Waals surface area contributed by atoms with Crippen molar-refractivity contribution in [2.24, 2.45) is 11.3 Å². The summed E-state index contributed by atoms with van der Waals surface area (Å²) in [4.78, 5) is 27.4. The van der Waals surface area contributed by atoms with Crippen molar-refractivity contribution in [1.29, 1.82) is 0 Å². The Bertz CT molecular complexity index is 459. The van der Waals surface area contributed by atoms with E-state index in [2.05, 4.69) is 15.6 Å². The Morgan fingerprint density at radius 2 is 1.79 bits per heavy atom. The third kappa shape index (κ3) is 4.69. The van der Waals surface area contributed by atoms with Crippen LogP contribution in [0.15, 0.2) is 18.3 Å². The minimum Gasteiger partial charge on any atom is -0.324 e. The summed E-state index contributed by atoms with van der Waals surface area (Å²) in [5.41, 5.74) is 0.160. The summed E-state index contributed by atoms with van der Waals surface area (Å²) in [6.45, 7) is 9.15. The first-order valence-electron chi connectivity index (χ1n) is 6.28. The second-order valence-corrected chi connectivity index (χ2v) is 5.78. The van der Waals surface area contributed by atoms with Gasteiger partial charge in [-0.2, -0.15) is 0 Å². The molecule has 5 nitrogen and oxygen atoms in total. The van der Waals surface area contributed by atoms with E-state index < -0.39 is 5.41 Å². The number of hydrogen-bond acceptors (Lipinski definition) is 3. The number of anilines is 2. The van der Waals surface area contributed by atoms with Crippen LogP contribution in [0.3, 0.4) is 0 Å². The summed E-state index contributed by atoms with van der Waals surface area (Å²) < 4.78 is 0. The number of nitrogens with zero attached hydrogens (tertiary/aromatic N) is 1. The van der Waals surface area contributed by atoms with Gasteiger partial charge in [0, 0.05) is 11.3 Å². The molecule has 0 radical (unpaired) electrons. The fourth-order valence-corrected chi connectivity index (χ4v) is 1.13. The SMILES string of the molecule is CC(C)C(=O)Nc1ccc(NC(=O)C(C)(C)C)cn1. The van der Waals surface area contributed by atoms with Gasteiger partial charge in [-0.15, -0.1) is 0 Å². The van der Waals surface area contributed by atoms with Crippen LogP contribution in [0.25, 0.3) is 0 Å². The number of nitrogens with one attached hydrogen (secondary N) is 2. The van der Waals surface area contributed by atoms with Crippen LogP contribution in [-0.2, 0) is 9.59 Å². The van der Waals surface area contributed by atoms with Crippen molar-refractivity contribution < 1.29 is 9.59 Å². The average molecular weight is 263 g/mol. The Hall–Kier alpha value is -1.91. The second kappa shape index (κ2) is 5.82. The molecule has 1 aromatic heterocycles. The van der Waals surface area contributed by atoms with Crippen molar-refractivity contribution in [3.63, 3.8) is 0 Å². The Balaban J connectivity index is 2.67. The minimum absolute atomic E-state index is 0.0757. The quantitative estimate of drug-likeness (QED) is 0.880. The van der Waals surface area contributed by atoms with Gasteiger partial charge in [-0.25, -0.2) is 4.98 Å². The molecular formula is C14H21N3O2. The Kier molecular flexibility index (Phi) is 4.64. The molecule has 2 amide bonds. The van der Waals surface area contributed by atoms with Crippen molar-refractivity contribution in [2.75, 3.05) is 10.6 Å². The van der Waals surface area contributed by atoms with Gasteiger partial charge in [0.1, 0.15) is 5.82 Å². The Morgan fingerprint density at radius 1 is 1.16 bits per heavy atom. The van der Waals surface area contributed by atoms with Crippen molar-refractivity contribution in [1.82, 2.24) is 4.98 Å². The molecule has 0 bridgehead atoms. The van der Waals surface area contributed by atoms with Gasteiger partial charge in [0.2, 0.25) is 11.8 Å². The van der Waals surface area contributed by atoms with Crippen LogP contribution in [0.4, 0.5) is 11.5 Å². The van der Waals surface area contributed by atoms with E-state index in [4.69, 9.17) is 0 Å². The zero-order chi connectivity index (χ0) is 14.6. The summed E-state index contributed by atoms with van der Waals surface area (Å²) >= 11 is 0. The topological polar surface area (TPSA) is 71.1 Å². The van der Waals surface area contributed by atoms with Crippen LogP contribution in [0.2, 0.25) is 0 Å². The summed E-state index contributed by atoms with van der Waals surface area (Å²) in [7, 11) is 0. The molecule has 0 aromatic carbocycles.